The van der Waals surface area contributed by atoms with Gasteiger partial charge in [-0.3, -0.25) is 19.5 Å². The fraction of sp³-hybridized carbons (Fsp3) is 0.526. The topological polar surface area (TPSA) is 122 Å². The molecule has 11 heteroatoms. The van der Waals surface area contributed by atoms with Crippen LogP contribution in [-0.4, -0.2) is 76.0 Å². The number of halogens is 1. The molecule has 0 fully saturated rings. The van der Waals surface area contributed by atoms with E-state index in [0.717, 1.165) is 54.9 Å². The Balaban J connectivity index is 1.50. The van der Waals surface area contributed by atoms with Crippen LogP contribution in [-0.2, 0) is 25.7 Å². The van der Waals surface area contributed by atoms with E-state index in [1.807, 2.05) is 50.2 Å². The van der Waals surface area contributed by atoms with E-state index in [2.05, 4.69) is 39.1 Å². The standard InChI is InChI=1S/C38H49BrN4O6/c1-6-9-26-19-32-37(33(44)20-26)36(30(23-40)25(3)41-32)28-21-31(39)38(34(22-28)48-7-2)49-24-27-10-8-11-29(18-27)42-35(45)12-13-43(14-16-46-4)15-17-47-5/h8,10-11,18,21-22,26,30,36H,6-7,9,12-17,19-20,24H2,1-5H3,(H,42,45). The minimum absolute atomic E-state index is 0.0795. The van der Waals surface area contributed by atoms with Gasteiger partial charge in [-0.05, 0) is 83.9 Å². The van der Waals surface area contributed by atoms with Gasteiger partial charge in [0, 0.05) is 75.3 Å². The van der Waals surface area contributed by atoms with Crippen LogP contribution in [0.5, 0.6) is 11.5 Å². The van der Waals surface area contributed by atoms with Crippen molar-refractivity contribution >= 4 is 39.0 Å². The van der Waals surface area contributed by atoms with Crippen molar-refractivity contribution in [1.29, 1.82) is 5.26 Å². The molecule has 49 heavy (non-hydrogen) atoms. The predicted molar refractivity (Wildman–Crippen MR) is 194 cm³/mol. The van der Waals surface area contributed by atoms with Crippen molar-refractivity contribution in [3.63, 3.8) is 0 Å². The van der Waals surface area contributed by atoms with Crippen LogP contribution in [0.3, 0.4) is 0 Å². The number of carbonyl (C=O) groups excluding carboxylic acids is 2. The van der Waals surface area contributed by atoms with Crippen LogP contribution < -0.4 is 14.8 Å². The van der Waals surface area contributed by atoms with Gasteiger partial charge in [0.2, 0.25) is 5.91 Å². The normalized spacial score (nSPS) is 18.9. The third kappa shape index (κ3) is 10.2. The van der Waals surface area contributed by atoms with Gasteiger partial charge in [0.25, 0.3) is 0 Å². The SMILES string of the molecule is CCCC1CC(=O)C2=C(C1)N=C(C)C(C#N)C2c1cc(Br)c(OCc2cccc(NC(=O)CCN(CCOC)CCOC)c2)c(OCC)c1. The number of amides is 1. The number of carbonyl (C=O) groups is 2. The Morgan fingerprint density at radius 3 is 2.51 bits per heavy atom. The van der Waals surface area contributed by atoms with Crippen molar-refractivity contribution in [1.82, 2.24) is 4.90 Å². The summed E-state index contributed by atoms with van der Waals surface area (Å²) in [6, 6.07) is 13.8. The average Bonchev–Trinajstić information content (AvgIpc) is 3.07. The summed E-state index contributed by atoms with van der Waals surface area (Å²) in [7, 11) is 3.33. The van der Waals surface area contributed by atoms with Crippen LogP contribution in [0.1, 0.15) is 69.9 Å². The number of nitriles is 1. The number of hydrogen-bond donors (Lipinski definition) is 1. The third-order valence-electron chi connectivity index (χ3n) is 8.97. The first-order chi connectivity index (χ1) is 23.7. The molecule has 2 aromatic rings. The lowest BCUT2D eigenvalue weighted by Crippen LogP contribution is -2.33. The number of aliphatic imine (C=N–C) groups is 1. The highest BCUT2D eigenvalue weighted by Gasteiger charge is 2.41. The highest BCUT2D eigenvalue weighted by Crippen LogP contribution is 2.48. The van der Waals surface area contributed by atoms with Gasteiger partial charge in [0.15, 0.2) is 17.3 Å². The van der Waals surface area contributed by atoms with E-state index < -0.39 is 11.8 Å². The highest BCUT2D eigenvalue weighted by molar-refractivity contribution is 9.10. The summed E-state index contributed by atoms with van der Waals surface area (Å²) in [5, 5.41) is 13.2. The number of ketones is 1. The lowest BCUT2D eigenvalue weighted by Gasteiger charge is -2.35. The van der Waals surface area contributed by atoms with Crippen molar-refractivity contribution in [2.24, 2.45) is 16.8 Å². The van der Waals surface area contributed by atoms with Crippen LogP contribution in [0.2, 0.25) is 0 Å². The van der Waals surface area contributed by atoms with Crippen molar-refractivity contribution in [2.45, 2.75) is 65.4 Å². The lowest BCUT2D eigenvalue weighted by atomic mass is 9.70. The van der Waals surface area contributed by atoms with Gasteiger partial charge >= 0.3 is 0 Å². The van der Waals surface area contributed by atoms with Gasteiger partial charge in [-0.1, -0.05) is 25.5 Å². The summed E-state index contributed by atoms with van der Waals surface area (Å²) in [5.41, 5.74) is 4.57. The fourth-order valence-electron chi connectivity index (χ4n) is 6.60. The molecule has 3 unspecified atom stereocenters. The van der Waals surface area contributed by atoms with Crippen molar-refractivity contribution in [2.75, 3.05) is 59.0 Å². The lowest BCUT2D eigenvalue weighted by molar-refractivity contribution is -0.118. The van der Waals surface area contributed by atoms with Gasteiger partial charge in [-0.2, -0.15) is 5.26 Å². The van der Waals surface area contributed by atoms with Crippen LogP contribution in [0, 0.1) is 23.2 Å². The Morgan fingerprint density at radius 2 is 1.84 bits per heavy atom. The summed E-state index contributed by atoms with van der Waals surface area (Å²) in [6.07, 6.45) is 3.57. The number of Topliss-reactive ketones (excluding diaryl/α,β-unsaturated/α-hetero) is 1. The zero-order chi connectivity index (χ0) is 35.3. The second kappa shape index (κ2) is 19.0. The summed E-state index contributed by atoms with van der Waals surface area (Å²) >= 11 is 3.71. The molecule has 0 aromatic heterocycles. The number of hydrogen-bond acceptors (Lipinski definition) is 9. The molecule has 10 nitrogen and oxygen atoms in total. The molecule has 0 spiro atoms. The largest absolute Gasteiger partial charge is 0.490 e. The van der Waals surface area contributed by atoms with E-state index in [9.17, 15) is 14.9 Å². The summed E-state index contributed by atoms with van der Waals surface area (Å²) in [4.78, 5) is 33.3. The third-order valence-corrected chi connectivity index (χ3v) is 9.56. The number of allylic oxidation sites excluding steroid dienone is 2. The van der Waals surface area contributed by atoms with E-state index in [4.69, 9.17) is 23.9 Å². The van der Waals surface area contributed by atoms with E-state index in [1.54, 1.807) is 14.2 Å². The quantitative estimate of drug-likeness (QED) is 0.172. The first-order valence-electron chi connectivity index (χ1n) is 17.1. The molecule has 264 valence electrons. The van der Waals surface area contributed by atoms with Crippen molar-refractivity contribution < 1.29 is 28.5 Å². The molecule has 0 bridgehead atoms. The zero-order valence-corrected chi connectivity index (χ0v) is 30.9. The minimum Gasteiger partial charge on any atom is -0.490 e. The molecule has 1 heterocycles. The van der Waals surface area contributed by atoms with Gasteiger partial charge in [-0.25, -0.2) is 0 Å². The number of ether oxygens (including phenoxy) is 4. The van der Waals surface area contributed by atoms with Crippen LogP contribution in [0.25, 0.3) is 0 Å². The molecule has 0 saturated carbocycles. The molecule has 2 aliphatic rings. The maximum atomic E-state index is 13.6. The maximum absolute atomic E-state index is 13.6. The molecule has 0 radical (unpaired) electrons. The number of methoxy groups -OCH3 is 2. The van der Waals surface area contributed by atoms with Crippen LogP contribution in [0.15, 0.2) is 57.1 Å². The second-order valence-corrected chi connectivity index (χ2v) is 13.4. The summed E-state index contributed by atoms with van der Waals surface area (Å²) in [6.45, 7) is 9.78. The predicted octanol–water partition coefficient (Wildman–Crippen LogP) is 7.08. The average molecular weight is 738 g/mol. The molecular formula is C38H49BrN4O6. The maximum Gasteiger partial charge on any atom is 0.225 e. The number of nitrogens with one attached hydrogen (secondary N) is 1. The highest BCUT2D eigenvalue weighted by atomic mass is 79.9. The number of rotatable bonds is 18. The number of anilines is 1. The van der Waals surface area contributed by atoms with Crippen LogP contribution >= 0.6 is 15.9 Å². The Labute approximate surface area is 299 Å². The Hall–Kier alpha value is -3.56. The van der Waals surface area contributed by atoms with E-state index in [-0.39, 0.29) is 24.2 Å². The molecule has 0 saturated heterocycles. The van der Waals surface area contributed by atoms with Gasteiger partial charge < -0.3 is 24.3 Å². The first kappa shape index (κ1) is 38.2. The Bertz CT molecular complexity index is 1560. The van der Waals surface area contributed by atoms with E-state index in [0.29, 0.717) is 66.4 Å². The van der Waals surface area contributed by atoms with Gasteiger partial charge in [0.05, 0.1) is 36.3 Å². The molecule has 1 N–H and O–H groups in total. The van der Waals surface area contributed by atoms with E-state index >= 15 is 0 Å². The Morgan fingerprint density at radius 1 is 1.08 bits per heavy atom. The summed E-state index contributed by atoms with van der Waals surface area (Å²) < 4.78 is 23.4. The first-order valence-corrected chi connectivity index (χ1v) is 17.9. The molecule has 1 aliphatic heterocycles. The molecule has 1 aliphatic carbocycles. The monoisotopic (exact) mass is 736 g/mol. The van der Waals surface area contributed by atoms with Crippen LogP contribution in [0.4, 0.5) is 5.69 Å². The van der Waals surface area contributed by atoms with Crippen molar-refractivity contribution in [3.05, 3.63) is 63.3 Å². The number of benzene rings is 2. The molecular weight excluding hydrogens is 688 g/mol. The molecule has 1 amide bonds. The van der Waals surface area contributed by atoms with E-state index in [1.165, 1.54) is 0 Å². The molecule has 4 rings (SSSR count). The second-order valence-electron chi connectivity index (χ2n) is 12.6. The minimum atomic E-state index is -0.560. The van der Waals surface area contributed by atoms with Gasteiger partial charge in [-0.15, -0.1) is 0 Å². The molecule has 2 aromatic carbocycles. The number of nitrogens with zero attached hydrogens (tertiary/aromatic N) is 3. The smallest absolute Gasteiger partial charge is 0.225 e. The summed E-state index contributed by atoms with van der Waals surface area (Å²) in [5.74, 6) is 0.326. The van der Waals surface area contributed by atoms with Gasteiger partial charge in [0.1, 0.15) is 6.61 Å². The Kier molecular flexibility index (Phi) is 14.8. The zero-order valence-electron chi connectivity index (χ0n) is 29.4. The molecule has 3 atom stereocenters. The van der Waals surface area contributed by atoms with Crippen molar-refractivity contribution in [3.8, 4) is 17.6 Å². The fourth-order valence-corrected chi connectivity index (χ4v) is 7.18.